The zero-order chi connectivity index (χ0) is 28.1. The number of carbonyl (C=O) groups excluding carboxylic acids is 3. The quantitative estimate of drug-likeness (QED) is 0.244. The molecule has 3 heterocycles. The molecule has 1 fully saturated rings. The van der Waals surface area contributed by atoms with Crippen LogP contribution in [0.1, 0.15) is 28.0 Å². The summed E-state index contributed by atoms with van der Waals surface area (Å²) in [6, 6.07) is 8.82. The number of nitrogens with one attached hydrogen (secondary N) is 1. The summed E-state index contributed by atoms with van der Waals surface area (Å²) in [5.41, 5.74) is -2.18. The number of Topliss-reactive ketones (excluding diaryl/α,β-unsaturated/α-hetero) is 1. The molecule has 7 nitrogen and oxygen atoms in total. The van der Waals surface area contributed by atoms with Gasteiger partial charge in [-0.05, 0) is 18.2 Å². The summed E-state index contributed by atoms with van der Waals surface area (Å²) in [7, 11) is 0. The lowest BCUT2D eigenvalue weighted by Gasteiger charge is -2.14. The van der Waals surface area contributed by atoms with Crippen LogP contribution in [0.3, 0.4) is 0 Å². The van der Waals surface area contributed by atoms with E-state index in [-0.39, 0.29) is 33.2 Å². The minimum atomic E-state index is -4.62. The van der Waals surface area contributed by atoms with E-state index in [0.29, 0.717) is 17.3 Å². The first-order chi connectivity index (χ1) is 18.5. The molecule has 0 saturated carbocycles. The molecule has 1 atom stereocenters. The number of nitrogens with zero attached hydrogens (tertiary/aromatic N) is 3. The van der Waals surface area contributed by atoms with Gasteiger partial charge in [0.1, 0.15) is 11.3 Å². The number of hydrogen-bond donors (Lipinski definition) is 1. The van der Waals surface area contributed by atoms with Crippen molar-refractivity contribution in [1.29, 1.82) is 0 Å². The van der Waals surface area contributed by atoms with E-state index in [1.54, 1.807) is 24.3 Å². The van der Waals surface area contributed by atoms with Crippen molar-refractivity contribution < 1.29 is 36.3 Å². The van der Waals surface area contributed by atoms with Crippen molar-refractivity contribution in [1.82, 2.24) is 19.9 Å². The minimum absolute atomic E-state index is 0.0337. The summed E-state index contributed by atoms with van der Waals surface area (Å²) in [6.07, 6.45) is -6.66. The van der Waals surface area contributed by atoms with Crippen LogP contribution in [0.25, 0.3) is 28.0 Å². The lowest BCUT2D eigenvalue weighted by molar-refractivity contribution is -0.137. The van der Waals surface area contributed by atoms with E-state index in [0.717, 1.165) is 28.8 Å². The largest absolute Gasteiger partial charge is 0.416 e. The highest BCUT2D eigenvalue weighted by Gasteiger charge is 2.38. The Kier molecular flexibility index (Phi) is 6.89. The van der Waals surface area contributed by atoms with E-state index in [9.17, 15) is 36.3 Å². The van der Waals surface area contributed by atoms with E-state index in [1.165, 1.54) is 6.20 Å². The van der Waals surface area contributed by atoms with Crippen LogP contribution in [0.4, 0.5) is 22.0 Å². The molecule has 0 spiro atoms. The maximum absolute atomic E-state index is 14.1. The van der Waals surface area contributed by atoms with Crippen molar-refractivity contribution in [2.24, 2.45) is 0 Å². The Morgan fingerprint density at radius 2 is 1.77 bits per heavy atom. The Morgan fingerprint density at radius 1 is 1.08 bits per heavy atom. The van der Waals surface area contributed by atoms with E-state index in [2.05, 4.69) is 15.4 Å². The van der Waals surface area contributed by atoms with Gasteiger partial charge in [-0.2, -0.15) is 18.3 Å². The number of fused-ring (bicyclic) bond motifs is 1. The highest BCUT2D eigenvalue weighted by Crippen LogP contribution is 2.39. The van der Waals surface area contributed by atoms with Crippen molar-refractivity contribution in [2.75, 3.05) is 5.75 Å². The van der Waals surface area contributed by atoms with Crippen molar-refractivity contribution in [3.8, 4) is 22.4 Å². The van der Waals surface area contributed by atoms with Crippen molar-refractivity contribution >= 4 is 45.8 Å². The summed E-state index contributed by atoms with van der Waals surface area (Å²) in [6.45, 7) is 0. The second-order valence-electron chi connectivity index (χ2n) is 8.35. The third-order valence-electron chi connectivity index (χ3n) is 5.94. The number of carbonyl (C=O) groups is 3. The van der Waals surface area contributed by atoms with Crippen LogP contribution in [-0.4, -0.2) is 43.2 Å². The topological polar surface area (TPSA) is 93.4 Å². The van der Waals surface area contributed by atoms with Gasteiger partial charge in [-0.15, -0.1) is 0 Å². The number of ketones is 1. The average Bonchev–Trinajstić information content (AvgIpc) is 3.44. The van der Waals surface area contributed by atoms with E-state index < -0.39 is 52.3 Å². The fourth-order valence-corrected chi connectivity index (χ4v) is 5.17. The number of amides is 1. The van der Waals surface area contributed by atoms with Crippen molar-refractivity contribution in [2.45, 2.75) is 18.6 Å². The van der Waals surface area contributed by atoms with Gasteiger partial charge < -0.3 is 5.32 Å². The number of hydrogen-bond acceptors (Lipinski definition) is 6. The summed E-state index contributed by atoms with van der Waals surface area (Å²) in [4.78, 5) is 41.3. The number of rotatable bonds is 5. The normalized spacial score (nSPS) is 15.9. The molecule has 1 saturated heterocycles. The lowest BCUT2D eigenvalue weighted by atomic mass is 9.99. The molecule has 1 N–H and O–H groups in total. The molecule has 0 radical (unpaired) electrons. The zero-order valence-electron chi connectivity index (χ0n) is 19.3. The third kappa shape index (κ3) is 4.87. The van der Waals surface area contributed by atoms with Crippen LogP contribution in [0.2, 0.25) is 5.02 Å². The van der Waals surface area contributed by atoms with Crippen LogP contribution in [0, 0.1) is 0 Å². The van der Waals surface area contributed by atoms with Gasteiger partial charge in [0.05, 0.1) is 17.0 Å². The molecular formula is C25H14ClF5N4O3S. The summed E-state index contributed by atoms with van der Waals surface area (Å²) >= 11 is 7.05. The molecule has 0 bridgehead atoms. The Labute approximate surface area is 225 Å². The molecule has 4 aromatic rings. The van der Waals surface area contributed by atoms with Gasteiger partial charge in [0.2, 0.25) is 5.12 Å². The van der Waals surface area contributed by atoms with Crippen molar-refractivity contribution in [3.05, 3.63) is 76.6 Å². The van der Waals surface area contributed by atoms with Gasteiger partial charge in [-0.25, -0.2) is 18.3 Å². The number of benzene rings is 2. The molecular weight excluding hydrogens is 567 g/mol. The fraction of sp³-hybridized carbons (Fsp3) is 0.160. The summed E-state index contributed by atoms with van der Waals surface area (Å²) in [5.74, 6) is -1.93. The molecule has 0 aliphatic carbocycles. The average molecular weight is 581 g/mol. The van der Waals surface area contributed by atoms with Gasteiger partial charge in [-0.1, -0.05) is 53.7 Å². The molecule has 14 heteroatoms. The van der Waals surface area contributed by atoms with Crippen LogP contribution in [0.5, 0.6) is 0 Å². The maximum atomic E-state index is 14.1. The molecule has 1 amide bonds. The Balaban J connectivity index is 1.75. The number of aromatic nitrogens is 3. The standard InChI is InChI=1S/C25H14ClF5N4O3S/c26-15-4-2-1-3-13(15)14-9-32-22-17(23(37)33-18-16(36)10-39-24(18)38)19(21(27)28)34-35(22)20(14)11-5-7-12(8-6-11)25(29,30)31/h1-9,18,21H,10H2,(H,33,37)/t18-/m0/s1. The first-order valence-corrected chi connectivity index (χ1v) is 12.5. The molecule has 2 aromatic heterocycles. The highest BCUT2D eigenvalue weighted by atomic mass is 35.5. The highest BCUT2D eigenvalue weighted by molar-refractivity contribution is 8.15. The van der Waals surface area contributed by atoms with Crippen LogP contribution in [0.15, 0.2) is 54.7 Å². The van der Waals surface area contributed by atoms with Crippen LogP contribution < -0.4 is 5.32 Å². The summed E-state index contributed by atoms with van der Waals surface area (Å²) in [5, 5.41) is 5.69. The fourth-order valence-electron chi connectivity index (χ4n) is 4.13. The van der Waals surface area contributed by atoms with Crippen LogP contribution in [-0.2, 0) is 15.8 Å². The minimum Gasteiger partial charge on any atom is -0.335 e. The molecule has 5 rings (SSSR count). The zero-order valence-corrected chi connectivity index (χ0v) is 20.9. The number of halogens is 6. The predicted octanol–water partition coefficient (Wildman–Crippen LogP) is 5.61. The van der Waals surface area contributed by atoms with Gasteiger partial charge in [0, 0.05) is 27.9 Å². The van der Waals surface area contributed by atoms with Crippen LogP contribution >= 0.6 is 23.4 Å². The first kappa shape index (κ1) is 26.8. The second kappa shape index (κ2) is 10.0. The Morgan fingerprint density at radius 3 is 2.36 bits per heavy atom. The monoisotopic (exact) mass is 580 g/mol. The number of alkyl halides is 5. The molecule has 200 valence electrons. The summed E-state index contributed by atoms with van der Waals surface area (Å²) < 4.78 is 68.8. The van der Waals surface area contributed by atoms with Gasteiger partial charge >= 0.3 is 6.18 Å². The smallest absolute Gasteiger partial charge is 0.335 e. The molecule has 39 heavy (non-hydrogen) atoms. The first-order valence-electron chi connectivity index (χ1n) is 11.1. The molecule has 1 aliphatic heterocycles. The second-order valence-corrected chi connectivity index (χ2v) is 9.74. The van der Waals surface area contributed by atoms with E-state index >= 15 is 0 Å². The van der Waals surface area contributed by atoms with Gasteiger partial charge in [0.15, 0.2) is 17.5 Å². The van der Waals surface area contributed by atoms with Gasteiger partial charge in [0.25, 0.3) is 12.3 Å². The Bertz CT molecular complexity index is 1620. The van der Waals surface area contributed by atoms with E-state index in [1.807, 2.05) is 0 Å². The molecule has 0 unspecified atom stereocenters. The predicted molar refractivity (Wildman–Crippen MR) is 133 cm³/mol. The third-order valence-corrected chi connectivity index (χ3v) is 7.22. The molecule has 2 aromatic carbocycles. The Hall–Kier alpha value is -3.84. The number of thioether (sulfide) groups is 1. The van der Waals surface area contributed by atoms with Crippen molar-refractivity contribution in [3.63, 3.8) is 0 Å². The van der Waals surface area contributed by atoms with E-state index in [4.69, 9.17) is 11.6 Å². The molecule has 1 aliphatic rings. The lowest BCUT2D eigenvalue weighted by Crippen LogP contribution is -2.42. The SMILES string of the molecule is O=C(N[C@H]1C(=O)CSC1=O)c1c(C(F)F)nn2c(-c3ccc(C(F)(F)F)cc3)c(-c3ccccc3Cl)cnc12. The maximum Gasteiger partial charge on any atom is 0.416 e. The van der Waals surface area contributed by atoms with Gasteiger partial charge in [-0.3, -0.25) is 14.4 Å².